The van der Waals surface area contributed by atoms with E-state index in [-0.39, 0.29) is 5.91 Å². The first-order valence-electron chi connectivity index (χ1n) is 7.43. The lowest BCUT2D eigenvalue weighted by Gasteiger charge is -2.26. The van der Waals surface area contributed by atoms with E-state index in [2.05, 4.69) is 22.7 Å². The molecule has 0 aliphatic carbocycles. The van der Waals surface area contributed by atoms with E-state index in [1.807, 2.05) is 23.2 Å². The van der Waals surface area contributed by atoms with Gasteiger partial charge in [-0.05, 0) is 18.4 Å². The van der Waals surface area contributed by atoms with Crippen LogP contribution in [0.3, 0.4) is 0 Å². The number of rotatable bonds is 4. The third-order valence-electron chi connectivity index (χ3n) is 3.70. The molecule has 3 rings (SSSR count). The standard InChI is InChI=1S/C16H20N4O/c21-16(18-19-9-5-2-6-10-19)15-11-17-20(13-15)12-14-7-3-1-4-8-14/h1,3-4,7-8,11,13H,2,5-6,9-10,12H2,(H,18,21). The lowest BCUT2D eigenvalue weighted by molar-refractivity contribution is 0.0750. The summed E-state index contributed by atoms with van der Waals surface area (Å²) >= 11 is 0. The first-order chi connectivity index (χ1) is 10.3. The van der Waals surface area contributed by atoms with Crippen molar-refractivity contribution in [3.63, 3.8) is 0 Å². The fourth-order valence-corrected chi connectivity index (χ4v) is 2.55. The van der Waals surface area contributed by atoms with Gasteiger partial charge in [-0.25, -0.2) is 5.01 Å². The molecule has 2 aromatic rings. The predicted octanol–water partition coefficient (Wildman–Crippen LogP) is 2.06. The fourth-order valence-electron chi connectivity index (χ4n) is 2.55. The van der Waals surface area contributed by atoms with Crippen LogP contribution in [0.2, 0.25) is 0 Å². The minimum atomic E-state index is -0.0730. The van der Waals surface area contributed by atoms with Crippen molar-refractivity contribution in [2.75, 3.05) is 13.1 Å². The van der Waals surface area contributed by atoms with E-state index < -0.39 is 0 Å². The number of nitrogens with zero attached hydrogens (tertiary/aromatic N) is 3. The Kier molecular flexibility index (Phi) is 4.31. The lowest BCUT2D eigenvalue weighted by Crippen LogP contribution is -2.44. The average molecular weight is 284 g/mol. The monoisotopic (exact) mass is 284 g/mol. The molecule has 1 fully saturated rings. The molecule has 1 aliphatic rings. The molecule has 2 heterocycles. The van der Waals surface area contributed by atoms with E-state index in [9.17, 15) is 4.79 Å². The average Bonchev–Trinajstić information content (AvgIpc) is 2.98. The van der Waals surface area contributed by atoms with Gasteiger partial charge in [0, 0.05) is 19.3 Å². The maximum Gasteiger partial charge on any atom is 0.268 e. The van der Waals surface area contributed by atoms with Gasteiger partial charge in [-0.2, -0.15) is 5.10 Å². The zero-order valence-corrected chi connectivity index (χ0v) is 12.0. The molecule has 1 aliphatic heterocycles. The molecule has 0 atom stereocenters. The SMILES string of the molecule is O=C(NN1CCCCC1)c1cnn(Cc2ccccc2)c1. The van der Waals surface area contributed by atoms with Crippen LogP contribution in [0.5, 0.6) is 0 Å². The molecule has 0 spiro atoms. The summed E-state index contributed by atoms with van der Waals surface area (Å²) in [7, 11) is 0. The highest BCUT2D eigenvalue weighted by atomic mass is 16.2. The van der Waals surface area contributed by atoms with Gasteiger partial charge in [-0.15, -0.1) is 0 Å². The van der Waals surface area contributed by atoms with Crippen molar-refractivity contribution in [1.29, 1.82) is 0 Å². The van der Waals surface area contributed by atoms with Crippen LogP contribution in [0.4, 0.5) is 0 Å². The zero-order valence-electron chi connectivity index (χ0n) is 12.0. The van der Waals surface area contributed by atoms with Crippen molar-refractivity contribution >= 4 is 5.91 Å². The predicted molar refractivity (Wildman–Crippen MR) is 80.7 cm³/mol. The molecule has 1 saturated heterocycles. The van der Waals surface area contributed by atoms with Gasteiger partial charge >= 0.3 is 0 Å². The quantitative estimate of drug-likeness (QED) is 0.935. The van der Waals surface area contributed by atoms with Gasteiger partial charge in [0.1, 0.15) is 0 Å². The smallest absolute Gasteiger partial charge is 0.268 e. The Bertz CT molecular complexity index is 587. The zero-order chi connectivity index (χ0) is 14.5. The number of piperidine rings is 1. The number of nitrogens with one attached hydrogen (secondary N) is 1. The summed E-state index contributed by atoms with van der Waals surface area (Å²) < 4.78 is 1.79. The molecule has 1 aromatic carbocycles. The molecule has 0 radical (unpaired) electrons. The Labute approximate surface area is 124 Å². The van der Waals surface area contributed by atoms with Gasteiger partial charge in [-0.3, -0.25) is 14.9 Å². The van der Waals surface area contributed by atoms with E-state index in [1.54, 1.807) is 17.1 Å². The number of carbonyl (C=O) groups excluding carboxylic acids is 1. The third kappa shape index (κ3) is 3.70. The van der Waals surface area contributed by atoms with Crippen molar-refractivity contribution in [3.05, 3.63) is 53.9 Å². The van der Waals surface area contributed by atoms with E-state index in [4.69, 9.17) is 0 Å². The van der Waals surface area contributed by atoms with Gasteiger partial charge in [0.05, 0.1) is 18.3 Å². The maximum atomic E-state index is 12.2. The number of hydrogen-bond donors (Lipinski definition) is 1. The van der Waals surface area contributed by atoms with Crippen LogP contribution >= 0.6 is 0 Å². The highest BCUT2D eigenvalue weighted by Gasteiger charge is 2.15. The summed E-state index contributed by atoms with van der Waals surface area (Å²) in [6.45, 7) is 2.55. The molecule has 0 saturated carbocycles. The Balaban J connectivity index is 1.60. The molecule has 21 heavy (non-hydrogen) atoms. The van der Waals surface area contributed by atoms with Crippen molar-refractivity contribution in [2.45, 2.75) is 25.8 Å². The van der Waals surface area contributed by atoms with Crippen LogP contribution in [0.25, 0.3) is 0 Å². The second kappa shape index (κ2) is 6.54. The van der Waals surface area contributed by atoms with Gasteiger partial charge in [0.2, 0.25) is 0 Å². The fraction of sp³-hybridized carbons (Fsp3) is 0.375. The summed E-state index contributed by atoms with van der Waals surface area (Å²) in [5.74, 6) is -0.0730. The number of aromatic nitrogens is 2. The maximum absolute atomic E-state index is 12.2. The van der Waals surface area contributed by atoms with Crippen LogP contribution in [0.15, 0.2) is 42.7 Å². The van der Waals surface area contributed by atoms with E-state index >= 15 is 0 Å². The van der Waals surface area contributed by atoms with Crippen LogP contribution in [0.1, 0.15) is 35.2 Å². The molecule has 5 heteroatoms. The lowest BCUT2D eigenvalue weighted by atomic mass is 10.2. The first kappa shape index (κ1) is 13.8. The van der Waals surface area contributed by atoms with E-state index in [1.165, 1.54) is 12.0 Å². The summed E-state index contributed by atoms with van der Waals surface area (Å²) in [6, 6.07) is 10.1. The number of amides is 1. The van der Waals surface area contributed by atoms with Gasteiger partial charge in [0.25, 0.3) is 5.91 Å². The van der Waals surface area contributed by atoms with Crippen molar-refractivity contribution in [1.82, 2.24) is 20.2 Å². The summed E-state index contributed by atoms with van der Waals surface area (Å²) in [6.07, 6.45) is 6.97. The minimum absolute atomic E-state index is 0.0730. The molecule has 1 aromatic heterocycles. The second-order valence-electron chi connectivity index (χ2n) is 5.40. The largest absolute Gasteiger partial charge is 0.285 e. The van der Waals surface area contributed by atoms with Crippen molar-refractivity contribution in [3.8, 4) is 0 Å². The Hall–Kier alpha value is -2.14. The molecular weight excluding hydrogens is 264 g/mol. The Morgan fingerprint density at radius 3 is 2.67 bits per heavy atom. The van der Waals surface area contributed by atoms with Gasteiger partial charge < -0.3 is 0 Å². The summed E-state index contributed by atoms with van der Waals surface area (Å²) in [5.41, 5.74) is 4.73. The van der Waals surface area contributed by atoms with Crippen molar-refractivity contribution in [2.24, 2.45) is 0 Å². The molecular formula is C16H20N4O. The van der Waals surface area contributed by atoms with Crippen LogP contribution in [0, 0.1) is 0 Å². The molecule has 5 nitrogen and oxygen atoms in total. The number of hydrogen-bond acceptors (Lipinski definition) is 3. The highest BCUT2D eigenvalue weighted by molar-refractivity contribution is 5.93. The van der Waals surface area contributed by atoms with E-state index in [0.29, 0.717) is 12.1 Å². The van der Waals surface area contributed by atoms with Gasteiger partial charge in [-0.1, -0.05) is 36.8 Å². The van der Waals surface area contributed by atoms with Crippen LogP contribution < -0.4 is 5.43 Å². The third-order valence-corrected chi connectivity index (χ3v) is 3.70. The second-order valence-corrected chi connectivity index (χ2v) is 5.40. The Morgan fingerprint density at radius 2 is 1.90 bits per heavy atom. The van der Waals surface area contributed by atoms with Crippen molar-refractivity contribution < 1.29 is 4.79 Å². The topological polar surface area (TPSA) is 50.2 Å². The van der Waals surface area contributed by atoms with Crippen LogP contribution in [-0.2, 0) is 6.54 Å². The number of carbonyl (C=O) groups is 1. The van der Waals surface area contributed by atoms with Crippen LogP contribution in [-0.4, -0.2) is 33.8 Å². The summed E-state index contributed by atoms with van der Waals surface area (Å²) in [4.78, 5) is 12.2. The number of hydrazine groups is 1. The summed E-state index contributed by atoms with van der Waals surface area (Å²) in [5, 5.41) is 6.26. The Morgan fingerprint density at radius 1 is 1.14 bits per heavy atom. The van der Waals surface area contributed by atoms with E-state index in [0.717, 1.165) is 25.9 Å². The molecule has 110 valence electrons. The molecule has 0 unspecified atom stereocenters. The van der Waals surface area contributed by atoms with Gasteiger partial charge in [0.15, 0.2) is 0 Å². The molecule has 1 N–H and O–H groups in total. The number of benzene rings is 1. The first-order valence-corrected chi connectivity index (χ1v) is 7.43. The minimum Gasteiger partial charge on any atom is -0.285 e. The molecule has 0 bridgehead atoms. The normalized spacial score (nSPS) is 15.8. The highest BCUT2D eigenvalue weighted by Crippen LogP contribution is 2.08. The molecule has 1 amide bonds.